The molecule has 116 valence electrons. The third-order valence-electron chi connectivity index (χ3n) is 4.56. The molecule has 0 radical (unpaired) electrons. The van der Waals surface area contributed by atoms with Gasteiger partial charge in [-0.15, -0.1) is 0 Å². The molecular weight excluding hydrogens is 298 g/mol. The van der Waals surface area contributed by atoms with Gasteiger partial charge >= 0.3 is 0 Å². The monoisotopic (exact) mass is 317 g/mol. The minimum absolute atomic E-state index is 0.114. The van der Waals surface area contributed by atoms with Gasteiger partial charge in [-0.2, -0.15) is 5.10 Å². The molecule has 4 nitrogen and oxygen atoms in total. The number of piperidine rings is 1. The Morgan fingerprint density at radius 3 is 2.77 bits per heavy atom. The van der Waals surface area contributed by atoms with Crippen LogP contribution in [0, 0.1) is 0 Å². The van der Waals surface area contributed by atoms with E-state index in [0.717, 1.165) is 30.1 Å². The van der Waals surface area contributed by atoms with Crippen LogP contribution in [0.3, 0.4) is 0 Å². The Labute approximate surface area is 135 Å². The van der Waals surface area contributed by atoms with E-state index in [1.54, 1.807) is 0 Å². The minimum Gasteiger partial charge on any atom is -0.489 e. The van der Waals surface area contributed by atoms with Crippen molar-refractivity contribution >= 4 is 17.3 Å². The summed E-state index contributed by atoms with van der Waals surface area (Å²) in [6, 6.07) is 5.94. The molecular formula is C17H20ClN3O. The summed E-state index contributed by atoms with van der Waals surface area (Å²) in [5.41, 5.74) is 4.63. The molecule has 1 aromatic heterocycles. The largest absolute Gasteiger partial charge is 0.489 e. The lowest BCUT2D eigenvalue weighted by Gasteiger charge is -2.40. The zero-order valence-corrected chi connectivity index (χ0v) is 13.7. The molecule has 2 aromatic rings. The standard InChI is InChI=1S/C17H20ClN3O/c1-10(2)22-14-4-3-12(9-13(14)18)16-17-15(19-20-16)11-5-7-21(17)8-6-11/h3-4,9-11H,5-8H2,1-2H3,(H,19,20). The van der Waals surface area contributed by atoms with E-state index in [0.29, 0.717) is 10.9 Å². The number of rotatable bonds is 3. The summed E-state index contributed by atoms with van der Waals surface area (Å²) in [4.78, 5) is 2.45. The Kier molecular flexibility index (Phi) is 3.30. The van der Waals surface area contributed by atoms with E-state index < -0.39 is 0 Å². The van der Waals surface area contributed by atoms with Crippen molar-refractivity contribution < 1.29 is 4.74 Å². The normalized spacial score (nSPS) is 17.2. The SMILES string of the molecule is CC(C)Oc1ccc(-c2n[nH]c3c2N2CCC3CC2)cc1Cl. The number of aromatic amines is 1. The zero-order valence-electron chi connectivity index (χ0n) is 12.9. The Morgan fingerprint density at radius 2 is 2.09 bits per heavy atom. The van der Waals surface area contributed by atoms with Crippen molar-refractivity contribution in [3.8, 4) is 17.0 Å². The van der Waals surface area contributed by atoms with Crippen molar-refractivity contribution in [3.63, 3.8) is 0 Å². The summed E-state index contributed by atoms with van der Waals surface area (Å²) in [6.45, 7) is 6.26. The number of nitrogens with zero attached hydrogens (tertiary/aromatic N) is 2. The number of benzene rings is 1. The van der Waals surface area contributed by atoms with E-state index in [-0.39, 0.29) is 6.10 Å². The first-order chi connectivity index (χ1) is 10.6. The predicted molar refractivity (Wildman–Crippen MR) is 89.0 cm³/mol. The number of anilines is 1. The molecule has 5 rings (SSSR count). The quantitative estimate of drug-likeness (QED) is 0.921. The summed E-state index contributed by atoms with van der Waals surface area (Å²) in [7, 11) is 0. The van der Waals surface area contributed by atoms with Crippen molar-refractivity contribution in [2.75, 3.05) is 18.0 Å². The van der Waals surface area contributed by atoms with Crippen molar-refractivity contribution in [2.24, 2.45) is 0 Å². The number of nitrogens with one attached hydrogen (secondary N) is 1. The number of fused-ring (bicyclic) bond motifs is 2. The summed E-state index contributed by atoms with van der Waals surface area (Å²) in [5, 5.41) is 8.47. The van der Waals surface area contributed by atoms with Gasteiger partial charge in [0.25, 0.3) is 0 Å². The molecule has 1 saturated heterocycles. The molecule has 4 heterocycles. The molecule has 5 heteroatoms. The van der Waals surface area contributed by atoms with Crippen molar-refractivity contribution in [1.29, 1.82) is 0 Å². The second-order valence-electron chi connectivity index (χ2n) is 6.41. The highest BCUT2D eigenvalue weighted by molar-refractivity contribution is 6.32. The number of ether oxygens (including phenoxy) is 1. The summed E-state index contributed by atoms with van der Waals surface area (Å²) in [6.07, 6.45) is 2.58. The fraction of sp³-hybridized carbons (Fsp3) is 0.471. The molecule has 22 heavy (non-hydrogen) atoms. The van der Waals surface area contributed by atoms with Gasteiger partial charge in [-0.25, -0.2) is 0 Å². The molecule has 0 atom stereocenters. The van der Waals surface area contributed by atoms with Crippen LogP contribution in [0.15, 0.2) is 18.2 Å². The fourth-order valence-electron chi connectivity index (χ4n) is 3.55. The first kappa shape index (κ1) is 13.9. The van der Waals surface area contributed by atoms with Gasteiger partial charge in [0, 0.05) is 24.6 Å². The molecule has 1 N–H and O–H groups in total. The molecule has 3 aliphatic rings. The lowest BCUT2D eigenvalue weighted by molar-refractivity contribution is 0.242. The van der Waals surface area contributed by atoms with Gasteiger partial charge in [0.2, 0.25) is 0 Å². The summed E-state index contributed by atoms with van der Waals surface area (Å²) in [5.74, 6) is 1.37. The Balaban J connectivity index is 1.73. The topological polar surface area (TPSA) is 41.1 Å². The van der Waals surface area contributed by atoms with Gasteiger partial charge in [0.1, 0.15) is 11.4 Å². The second-order valence-corrected chi connectivity index (χ2v) is 6.81. The maximum atomic E-state index is 6.38. The molecule has 3 aliphatic heterocycles. The van der Waals surface area contributed by atoms with Crippen LogP contribution in [-0.2, 0) is 0 Å². The third-order valence-corrected chi connectivity index (χ3v) is 4.85. The van der Waals surface area contributed by atoms with E-state index in [9.17, 15) is 0 Å². The first-order valence-corrected chi connectivity index (χ1v) is 8.31. The van der Waals surface area contributed by atoms with Crippen LogP contribution in [0.4, 0.5) is 5.69 Å². The van der Waals surface area contributed by atoms with Gasteiger partial charge in [0.15, 0.2) is 0 Å². The lowest BCUT2D eigenvalue weighted by atomic mass is 9.86. The predicted octanol–water partition coefficient (Wildman–Crippen LogP) is 4.21. The second kappa shape index (κ2) is 5.20. The van der Waals surface area contributed by atoms with Gasteiger partial charge in [-0.1, -0.05) is 11.6 Å². The maximum Gasteiger partial charge on any atom is 0.138 e. The van der Waals surface area contributed by atoms with Gasteiger partial charge in [-0.3, -0.25) is 5.10 Å². The maximum absolute atomic E-state index is 6.38. The molecule has 0 unspecified atom stereocenters. The molecule has 0 spiro atoms. The third kappa shape index (κ3) is 2.17. The highest BCUT2D eigenvalue weighted by Crippen LogP contribution is 2.46. The van der Waals surface area contributed by atoms with Gasteiger partial charge < -0.3 is 9.64 Å². The Bertz CT molecular complexity index is 702. The molecule has 1 aromatic carbocycles. The lowest BCUT2D eigenvalue weighted by Crippen LogP contribution is -2.38. The van der Waals surface area contributed by atoms with Gasteiger partial charge in [0.05, 0.1) is 22.5 Å². The smallest absolute Gasteiger partial charge is 0.138 e. The van der Waals surface area contributed by atoms with Crippen molar-refractivity contribution in [2.45, 2.75) is 38.7 Å². The highest BCUT2D eigenvalue weighted by Gasteiger charge is 2.35. The van der Waals surface area contributed by atoms with E-state index in [1.165, 1.54) is 24.2 Å². The Hall–Kier alpha value is -1.68. The van der Waals surface area contributed by atoms with E-state index in [4.69, 9.17) is 16.3 Å². The van der Waals surface area contributed by atoms with Crippen LogP contribution < -0.4 is 9.64 Å². The van der Waals surface area contributed by atoms with Crippen molar-refractivity contribution in [1.82, 2.24) is 10.2 Å². The van der Waals surface area contributed by atoms with Crippen LogP contribution >= 0.6 is 11.6 Å². The van der Waals surface area contributed by atoms with Crippen LogP contribution in [-0.4, -0.2) is 29.4 Å². The Morgan fingerprint density at radius 1 is 1.32 bits per heavy atom. The number of aromatic nitrogens is 2. The zero-order chi connectivity index (χ0) is 15.3. The van der Waals surface area contributed by atoms with Crippen LogP contribution in [0.2, 0.25) is 5.02 Å². The summed E-state index contributed by atoms with van der Waals surface area (Å²) < 4.78 is 5.71. The highest BCUT2D eigenvalue weighted by atomic mass is 35.5. The number of hydrogen-bond acceptors (Lipinski definition) is 3. The molecule has 2 bridgehead atoms. The minimum atomic E-state index is 0.114. The average molecular weight is 318 g/mol. The molecule has 0 saturated carbocycles. The van der Waals surface area contributed by atoms with E-state index >= 15 is 0 Å². The average Bonchev–Trinajstić information content (AvgIpc) is 2.97. The van der Waals surface area contributed by atoms with Crippen LogP contribution in [0.5, 0.6) is 5.75 Å². The van der Waals surface area contributed by atoms with Crippen molar-refractivity contribution in [3.05, 3.63) is 28.9 Å². The van der Waals surface area contributed by atoms with Crippen LogP contribution in [0.1, 0.15) is 38.3 Å². The summed E-state index contributed by atoms with van der Waals surface area (Å²) >= 11 is 6.38. The molecule has 1 fully saturated rings. The van der Waals surface area contributed by atoms with E-state index in [2.05, 4.69) is 15.1 Å². The first-order valence-electron chi connectivity index (χ1n) is 7.93. The molecule has 0 aliphatic carbocycles. The number of halogens is 1. The fourth-order valence-corrected chi connectivity index (χ4v) is 3.77. The van der Waals surface area contributed by atoms with Gasteiger partial charge in [-0.05, 0) is 44.9 Å². The molecule has 0 amide bonds. The number of H-pyrrole nitrogens is 1. The van der Waals surface area contributed by atoms with Crippen LogP contribution in [0.25, 0.3) is 11.3 Å². The van der Waals surface area contributed by atoms with E-state index in [1.807, 2.05) is 32.0 Å². The number of hydrogen-bond donors (Lipinski definition) is 1.